The van der Waals surface area contributed by atoms with Crippen LogP contribution in [0, 0.1) is 10.1 Å². The molecule has 44 heavy (non-hydrogen) atoms. The predicted molar refractivity (Wildman–Crippen MR) is 174 cm³/mol. The highest BCUT2D eigenvalue weighted by Gasteiger charge is 2.46. The molecule has 3 atom stereocenters. The van der Waals surface area contributed by atoms with Crippen molar-refractivity contribution in [2.24, 2.45) is 0 Å². The molecule has 1 amide bonds. The Balaban J connectivity index is 1.45. The minimum Gasteiger partial charge on any atom is -0.445 e. The number of rotatable bonds is 12. The molecule has 9 heteroatoms. The fourth-order valence-corrected chi connectivity index (χ4v) is 7.73. The van der Waals surface area contributed by atoms with Crippen molar-refractivity contribution in [3.05, 3.63) is 148 Å². The van der Waals surface area contributed by atoms with Crippen molar-refractivity contribution >= 4 is 23.5 Å². The van der Waals surface area contributed by atoms with Gasteiger partial charge in [-0.25, -0.2) is 4.79 Å². The van der Waals surface area contributed by atoms with Gasteiger partial charge >= 0.3 is 6.09 Å². The summed E-state index contributed by atoms with van der Waals surface area (Å²) in [4.78, 5) is 25.8. The summed E-state index contributed by atoms with van der Waals surface area (Å²) in [6, 6.07) is 36.8. The molecule has 8 nitrogen and oxygen atoms in total. The fourth-order valence-electron chi connectivity index (χ4n) is 5.89. The van der Waals surface area contributed by atoms with Crippen LogP contribution < -0.4 is 5.32 Å². The van der Waals surface area contributed by atoms with Crippen LogP contribution in [0.2, 0.25) is 0 Å². The highest BCUT2D eigenvalue weighted by atomic mass is 32.2. The van der Waals surface area contributed by atoms with Crippen molar-refractivity contribution in [2.75, 3.05) is 20.1 Å². The van der Waals surface area contributed by atoms with Crippen LogP contribution >= 0.6 is 11.8 Å². The molecular formula is C35H37N3O5S. The Kier molecular flexibility index (Phi) is 10.3. The van der Waals surface area contributed by atoms with Crippen LogP contribution in [0.4, 0.5) is 10.5 Å². The maximum Gasteiger partial charge on any atom is 0.410 e. The van der Waals surface area contributed by atoms with Crippen LogP contribution in [-0.4, -0.2) is 58.6 Å². The van der Waals surface area contributed by atoms with Crippen molar-refractivity contribution in [1.29, 1.82) is 0 Å². The average molecular weight is 612 g/mol. The lowest BCUT2D eigenvalue weighted by atomic mass is 9.84. The summed E-state index contributed by atoms with van der Waals surface area (Å²) in [6.07, 6.45) is -0.160. The molecule has 1 heterocycles. The zero-order valence-corrected chi connectivity index (χ0v) is 25.4. The number of nitrogens with zero attached hydrogens (tertiary/aromatic N) is 2. The van der Waals surface area contributed by atoms with Gasteiger partial charge in [0, 0.05) is 23.9 Å². The number of benzene rings is 4. The number of carbonyl (C=O) groups excluding carboxylic acids is 1. The fraction of sp³-hybridized carbons (Fsp3) is 0.286. The molecule has 5 rings (SSSR count). The van der Waals surface area contributed by atoms with Crippen molar-refractivity contribution in [3.63, 3.8) is 0 Å². The molecule has 0 unspecified atom stereocenters. The first kappa shape index (κ1) is 31.3. The maximum atomic E-state index is 13.6. The summed E-state index contributed by atoms with van der Waals surface area (Å²) in [7, 11) is 1.84. The van der Waals surface area contributed by atoms with Gasteiger partial charge in [-0.05, 0) is 60.8 Å². The lowest BCUT2D eigenvalue weighted by molar-refractivity contribution is -0.384. The van der Waals surface area contributed by atoms with Crippen LogP contribution in [0.5, 0.6) is 0 Å². The summed E-state index contributed by atoms with van der Waals surface area (Å²) < 4.78 is 5.15. The van der Waals surface area contributed by atoms with Gasteiger partial charge in [0.2, 0.25) is 0 Å². The second kappa shape index (κ2) is 14.5. The molecule has 0 aromatic heterocycles. The standard InChI is InChI=1S/C35H37N3O5S/c1-36-22-21-33(39)32-23-31(24-37(32)34(40)43-25-26-17-19-30(20-18-26)38(41)42)44-35(27-11-5-2-6-12-27,28-13-7-3-8-14-28)29-15-9-4-10-16-29/h2-20,31-33,36,39H,21-25H2,1H3/t31-,32-,33+/m0/s1. The number of carbonyl (C=O) groups is 1. The van der Waals surface area contributed by atoms with Gasteiger partial charge in [0.25, 0.3) is 5.69 Å². The van der Waals surface area contributed by atoms with Crippen LogP contribution in [0.3, 0.4) is 0 Å². The summed E-state index contributed by atoms with van der Waals surface area (Å²) in [5, 5.41) is 25.4. The Morgan fingerprint density at radius 2 is 1.48 bits per heavy atom. The molecule has 228 valence electrons. The van der Waals surface area contributed by atoms with E-state index in [-0.39, 0.29) is 17.5 Å². The van der Waals surface area contributed by atoms with Crippen LogP contribution in [0.25, 0.3) is 0 Å². The molecule has 1 saturated heterocycles. The molecule has 2 N–H and O–H groups in total. The number of hydrogen-bond acceptors (Lipinski definition) is 7. The number of amides is 1. The molecule has 0 aliphatic carbocycles. The SMILES string of the molecule is CNCC[C@@H](O)[C@@H]1C[C@H](SC(c2ccccc2)(c2ccccc2)c2ccccc2)CN1C(=O)OCc1ccc([N+](=O)[O-])cc1. The van der Waals surface area contributed by atoms with E-state index in [0.29, 0.717) is 31.5 Å². The van der Waals surface area contributed by atoms with Gasteiger partial charge in [0.15, 0.2) is 0 Å². The average Bonchev–Trinajstić information content (AvgIpc) is 3.50. The predicted octanol–water partition coefficient (Wildman–Crippen LogP) is 6.37. The third-order valence-corrected chi connectivity index (χ3v) is 9.80. The summed E-state index contributed by atoms with van der Waals surface area (Å²) in [5.41, 5.74) is 4.03. The molecule has 0 saturated carbocycles. The van der Waals surface area contributed by atoms with Gasteiger partial charge in [-0.1, -0.05) is 91.0 Å². The molecule has 0 spiro atoms. The highest BCUT2D eigenvalue weighted by Crippen LogP contribution is 2.52. The van der Waals surface area contributed by atoms with Gasteiger partial charge in [0.05, 0.1) is 21.8 Å². The summed E-state index contributed by atoms with van der Waals surface area (Å²) >= 11 is 1.80. The zero-order valence-electron chi connectivity index (χ0n) is 24.6. The number of nitro groups is 1. The van der Waals surface area contributed by atoms with Crippen molar-refractivity contribution in [2.45, 2.75) is 41.6 Å². The lowest BCUT2D eigenvalue weighted by Gasteiger charge is -2.37. The lowest BCUT2D eigenvalue weighted by Crippen LogP contribution is -2.43. The molecule has 0 bridgehead atoms. The number of nitrogens with one attached hydrogen (secondary N) is 1. The number of hydrogen-bond donors (Lipinski definition) is 2. The normalized spacial score (nSPS) is 17.3. The number of likely N-dealkylation sites (tertiary alicyclic amines) is 1. The van der Waals surface area contributed by atoms with Crippen LogP contribution in [0.1, 0.15) is 35.1 Å². The van der Waals surface area contributed by atoms with Crippen molar-refractivity contribution in [1.82, 2.24) is 10.2 Å². The van der Waals surface area contributed by atoms with E-state index in [9.17, 15) is 20.0 Å². The third kappa shape index (κ3) is 6.96. The van der Waals surface area contributed by atoms with E-state index in [1.807, 2.05) is 25.2 Å². The second-order valence-electron chi connectivity index (χ2n) is 10.9. The van der Waals surface area contributed by atoms with Crippen molar-refractivity contribution in [3.8, 4) is 0 Å². The number of thioether (sulfide) groups is 1. The van der Waals surface area contributed by atoms with E-state index in [4.69, 9.17) is 4.74 Å². The van der Waals surface area contributed by atoms with Gasteiger partial charge in [0.1, 0.15) is 6.61 Å². The van der Waals surface area contributed by atoms with E-state index in [1.165, 1.54) is 12.1 Å². The Morgan fingerprint density at radius 1 is 0.955 bits per heavy atom. The van der Waals surface area contributed by atoms with E-state index in [2.05, 4.69) is 78.1 Å². The van der Waals surface area contributed by atoms with Gasteiger partial charge in [-0.2, -0.15) is 0 Å². The number of non-ortho nitro benzene ring substituents is 1. The molecule has 1 aliphatic rings. The molecule has 0 radical (unpaired) electrons. The van der Waals surface area contributed by atoms with E-state index >= 15 is 0 Å². The largest absolute Gasteiger partial charge is 0.445 e. The van der Waals surface area contributed by atoms with Crippen LogP contribution in [-0.2, 0) is 16.1 Å². The smallest absolute Gasteiger partial charge is 0.410 e. The Hall–Kier alpha value is -4.18. The quantitative estimate of drug-likeness (QED) is 0.109. The zero-order chi connectivity index (χ0) is 30.9. The first-order valence-corrected chi connectivity index (χ1v) is 15.6. The minimum atomic E-state index is -0.737. The molecule has 1 fully saturated rings. The second-order valence-corrected chi connectivity index (χ2v) is 12.4. The summed E-state index contributed by atoms with van der Waals surface area (Å²) in [6.45, 7) is 0.995. The summed E-state index contributed by atoms with van der Waals surface area (Å²) in [5.74, 6) is 0. The van der Waals surface area contributed by atoms with Gasteiger partial charge in [-0.3, -0.25) is 10.1 Å². The van der Waals surface area contributed by atoms with E-state index in [0.717, 1.165) is 16.7 Å². The van der Waals surface area contributed by atoms with Gasteiger partial charge in [-0.15, -0.1) is 11.8 Å². The number of nitro benzene ring substituents is 1. The number of aliphatic hydroxyl groups is 1. The van der Waals surface area contributed by atoms with Gasteiger partial charge < -0.3 is 20.1 Å². The van der Waals surface area contributed by atoms with E-state index in [1.54, 1.807) is 28.8 Å². The number of aliphatic hydroxyl groups excluding tert-OH is 1. The Morgan fingerprint density at radius 3 is 1.95 bits per heavy atom. The first-order valence-electron chi connectivity index (χ1n) is 14.8. The molecule has 4 aromatic rings. The Labute approximate surface area is 262 Å². The molecule has 1 aliphatic heterocycles. The highest BCUT2D eigenvalue weighted by molar-refractivity contribution is 8.01. The third-order valence-electron chi connectivity index (χ3n) is 8.07. The Bertz CT molecular complexity index is 1410. The van der Waals surface area contributed by atoms with Crippen LogP contribution in [0.15, 0.2) is 115 Å². The minimum absolute atomic E-state index is 0.0169. The number of ether oxygens (including phenoxy) is 1. The molecule has 4 aromatic carbocycles. The topological polar surface area (TPSA) is 105 Å². The maximum absolute atomic E-state index is 13.6. The van der Waals surface area contributed by atoms with E-state index < -0.39 is 27.9 Å². The first-order chi connectivity index (χ1) is 21.4. The van der Waals surface area contributed by atoms with Crippen molar-refractivity contribution < 1.29 is 19.6 Å². The monoisotopic (exact) mass is 611 g/mol. The molecular weight excluding hydrogens is 574 g/mol.